The van der Waals surface area contributed by atoms with E-state index in [0.717, 1.165) is 10.0 Å². The van der Waals surface area contributed by atoms with Gasteiger partial charge in [-0.05, 0) is 78.5 Å². The zero-order valence-electron chi connectivity index (χ0n) is 18.2. The zero-order chi connectivity index (χ0) is 21.5. The average molecular weight is 456 g/mol. The Labute approximate surface area is 177 Å². The molecule has 28 heavy (non-hydrogen) atoms. The topological polar surface area (TPSA) is 55.8 Å². The first-order valence-electron chi connectivity index (χ1n) is 9.68. The number of carbonyl (C=O) groups excluding carboxylic acids is 2. The minimum atomic E-state index is -0.525. The lowest BCUT2D eigenvalue weighted by molar-refractivity contribution is -0.160. The lowest BCUT2D eigenvalue weighted by Crippen LogP contribution is -2.35. The fourth-order valence-corrected chi connectivity index (χ4v) is 2.86. The Kier molecular flexibility index (Phi) is 8.99. The van der Waals surface area contributed by atoms with E-state index >= 15 is 0 Å². The van der Waals surface area contributed by atoms with Crippen molar-refractivity contribution in [2.75, 3.05) is 13.6 Å². The van der Waals surface area contributed by atoms with Gasteiger partial charge in [0.2, 0.25) is 0 Å². The Morgan fingerprint density at radius 1 is 1.00 bits per heavy atom. The van der Waals surface area contributed by atoms with Crippen molar-refractivity contribution in [1.82, 2.24) is 4.90 Å². The van der Waals surface area contributed by atoms with Gasteiger partial charge in [-0.25, -0.2) is 4.79 Å². The van der Waals surface area contributed by atoms with E-state index in [1.54, 1.807) is 11.9 Å². The highest BCUT2D eigenvalue weighted by Crippen LogP contribution is 2.21. The van der Waals surface area contributed by atoms with Gasteiger partial charge < -0.3 is 14.4 Å². The molecule has 1 aromatic carbocycles. The number of hydrogen-bond acceptors (Lipinski definition) is 4. The molecule has 0 saturated heterocycles. The second-order valence-corrected chi connectivity index (χ2v) is 10.0. The summed E-state index contributed by atoms with van der Waals surface area (Å²) in [4.78, 5) is 26.3. The van der Waals surface area contributed by atoms with Gasteiger partial charge in [0.1, 0.15) is 11.2 Å². The smallest absolute Gasteiger partial charge is 0.410 e. The molecular weight excluding hydrogens is 422 g/mol. The van der Waals surface area contributed by atoms with Crippen LogP contribution in [0, 0.1) is 5.92 Å². The third-order valence-corrected chi connectivity index (χ3v) is 4.42. The summed E-state index contributed by atoms with van der Waals surface area (Å²) >= 11 is 3.43. The van der Waals surface area contributed by atoms with Crippen molar-refractivity contribution in [3.8, 4) is 0 Å². The monoisotopic (exact) mass is 455 g/mol. The van der Waals surface area contributed by atoms with Gasteiger partial charge in [0.25, 0.3) is 0 Å². The highest BCUT2D eigenvalue weighted by Gasteiger charge is 2.26. The van der Waals surface area contributed by atoms with Gasteiger partial charge in [0.15, 0.2) is 0 Å². The van der Waals surface area contributed by atoms with Crippen molar-refractivity contribution in [3.05, 3.63) is 34.3 Å². The Morgan fingerprint density at radius 3 is 2.04 bits per heavy atom. The van der Waals surface area contributed by atoms with Gasteiger partial charge in [-0.2, -0.15) is 0 Å². The first-order chi connectivity index (χ1) is 12.8. The number of hydrogen-bond donors (Lipinski definition) is 0. The van der Waals surface area contributed by atoms with Crippen LogP contribution >= 0.6 is 15.9 Å². The predicted molar refractivity (Wildman–Crippen MR) is 115 cm³/mol. The summed E-state index contributed by atoms with van der Waals surface area (Å²) < 4.78 is 12.0. The van der Waals surface area contributed by atoms with Crippen LogP contribution in [-0.4, -0.2) is 41.8 Å². The highest BCUT2D eigenvalue weighted by molar-refractivity contribution is 9.10. The van der Waals surface area contributed by atoms with Crippen LogP contribution < -0.4 is 0 Å². The van der Waals surface area contributed by atoms with Gasteiger partial charge in [-0.3, -0.25) is 4.79 Å². The van der Waals surface area contributed by atoms with Gasteiger partial charge in [-0.15, -0.1) is 0 Å². The second-order valence-electron chi connectivity index (χ2n) is 9.11. The van der Waals surface area contributed by atoms with Crippen LogP contribution in [0.1, 0.15) is 59.9 Å². The molecule has 0 unspecified atom stereocenters. The van der Waals surface area contributed by atoms with Crippen LogP contribution in [0.4, 0.5) is 4.79 Å². The molecule has 0 aliphatic rings. The molecule has 1 rings (SSSR count). The van der Waals surface area contributed by atoms with Crippen molar-refractivity contribution < 1.29 is 19.1 Å². The number of ether oxygens (including phenoxy) is 2. The largest absolute Gasteiger partial charge is 0.460 e. The summed E-state index contributed by atoms with van der Waals surface area (Å²) in [5.74, 6) is -0.456. The maximum Gasteiger partial charge on any atom is 0.410 e. The quantitative estimate of drug-likeness (QED) is 0.502. The molecule has 0 radical (unpaired) electrons. The second kappa shape index (κ2) is 10.3. The van der Waals surface area contributed by atoms with Crippen molar-refractivity contribution in [1.29, 1.82) is 0 Å². The number of nitrogens with zero attached hydrogens (tertiary/aromatic N) is 1. The van der Waals surface area contributed by atoms with E-state index in [-0.39, 0.29) is 18.0 Å². The molecular formula is C22H34BrNO4. The summed E-state index contributed by atoms with van der Waals surface area (Å²) in [6.07, 6.45) is 1.58. The third kappa shape index (κ3) is 10.1. The van der Waals surface area contributed by atoms with Crippen molar-refractivity contribution in [2.45, 2.75) is 72.0 Å². The SMILES string of the molecule is CN(CCC[C@H](Cc1ccc(Br)cc1)C(=O)OC(C)(C)C)C(=O)OC(C)(C)C. The number of halogens is 1. The standard InChI is InChI=1S/C22H34BrNO4/c1-21(2,3)27-19(25)17(15-16-10-12-18(23)13-11-16)9-8-14-24(7)20(26)28-22(4,5)6/h10-13,17H,8-9,14-15H2,1-7H3/t17-/m1/s1. The highest BCUT2D eigenvalue weighted by atomic mass is 79.9. The molecule has 0 saturated carbocycles. The van der Waals surface area contributed by atoms with Crippen molar-refractivity contribution in [2.24, 2.45) is 5.92 Å². The Bertz CT molecular complexity index is 644. The van der Waals surface area contributed by atoms with Crippen molar-refractivity contribution in [3.63, 3.8) is 0 Å². The third-order valence-electron chi connectivity index (χ3n) is 3.89. The molecule has 0 aliphatic carbocycles. The normalized spacial score (nSPS) is 13.0. The van der Waals surface area contributed by atoms with Gasteiger partial charge in [-0.1, -0.05) is 28.1 Å². The first kappa shape index (κ1) is 24.5. The molecule has 0 aliphatic heterocycles. The molecule has 0 fully saturated rings. The lowest BCUT2D eigenvalue weighted by atomic mass is 9.94. The molecule has 6 heteroatoms. The van der Waals surface area contributed by atoms with Crippen LogP contribution in [0.5, 0.6) is 0 Å². The maximum atomic E-state index is 12.7. The minimum absolute atomic E-state index is 0.199. The van der Waals surface area contributed by atoms with E-state index in [1.165, 1.54) is 0 Å². The summed E-state index contributed by atoms with van der Waals surface area (Å²) in [7, 11) is 1.71. The van der Waals surface area contributed by atoms with Crippen molar-refractivity contribution >= 4 is 28.0 Å². The van der Waals surface area contributed by atoms with Gasteiger partial charge >= 0.3 is 12.1 Å². The molecule has 0 N–H and O–H groups in total. The number of benzene rings is 1. The Morgan fingerprint density at radius 2 is 1.54 bits per heavy atom. The van der Waals surface area contributed by atoms with E-state index < -0.39 is 11.2 Å². The van der Waals surface area contributed by atoms with Crippen LogP contribution in [0.15, 0.2) is 28.7 Å². The average Bonchev–Trinajstić information content (AvgIpc) is 2.52. The van der Waals surface area contributed by atoms with Crippen LogP contribution in [0.25, 0.3) is 0 Å². The summed E-state index contributed by atoms with van der Waals surface area (Å²) in [6.45, 7) is 11.7. The molecule has 1 amide bonds. The molecule has 0 heterocycles. The Hall–Kier alpha value is -1.56. The van der Waals surface area contributed by atoms with Crippen LogP contribution in [0.2, 0.25) is 0 Å². The molecule has 0 aromatic heterocycles. The van der Waals surface area contributed by atoms with E-state index in [1.807, 2.05) is 65.8 Å². The number of carbonyl (C=O) groups is 2. The molecule has 1 aromatic rings. The predicted octanol–water partition coefficient (Wildman–Crippen LogP) is 5.60. The molecule has 0 bridgehead atoms. The summed E-state index contributed by atoms with van der Waals surface area (Å²) in [5, 5.41) is 0. The van der Waals surface area contributed by atoms with E-state index in [9.17, 15) is 9.59 Å². The number of rotatable bonds is 7. The number of amides is 1. The summed E-state index contributed by atoms with van der Waals surface area (Å²) in [5.41, 5.74) is 0.0356. The molecule has 158 valence electrons. The zero-order valence-corrected chi connectivity index (χ0v) is 19.8. The first-order valence-corrected chi connectivity index (χ1v) is 10.5. The number of esters is 1. The van der Waals surface area contributed by atoms with E-state index in [4.69, 9.17) is 9.47 Å². The van der Waals surface area contributed by atoms with Gasteiger partial charge in [0.05, 0.1) is 5.92 Å². The molecule has 0 spiro atoms. The van der Waals surface area contributed by atoms with Crippen LogP contribution in [0.3, 0.4) is 0 Å². The molecule has 1 atom stereocenters. The van der Waals surface area contributed by atoms with E-state index in [0.29, 0.717) is 25.8 Å². The molecule has 5 nitrogen and oxygen atoms in total. The maximum absolute atomic E-state index is 12.7. The van der Waals surface area contributed by atoms with Crippen LogP contribution in [-0.2, 0) is 20.7 Å². The summed E-state index contributed by atoms with van der Waals surface area (Å²) in [6, 6.07) is 7.96. The Balaban J connectivity index is 2.70. The van der Waals surface area contributed by atoms with Gasteiger partial charge in [0, 0.05) is 18.1 Å². The fraction of sp³-hybridized carbons (Fsp3) is 0.636. The van der Waals surface area contributed by atoms with E-state index in [2.05, 4.69) is 15.9 Å². The fourth-order valence-electron chi connectivity index (χ4n) is 2.60. The lowest BCUT2D eigenvalue weighted by Gasteiger charge is -2.26. The minimum Gasteiger partial charge on any atom is -0.460 e.